The summed E-state index contributed by atoms with van der Waals surface area (Å²) < 4.78 is 19.3. The van der Waals surface area contributed by atoms with Crippen LogP contribution in [0, 0.1) is 5.82 Å². The number of benzene rings is 1. The van der Waals surface area contributed by atoms with E-state index < -0.39 is 0 Å². The van der Waals surface area contributed by atoms with E-state index >= 15 is 0 Å². The lowest BCUT2D eigenvalue weighted by molar-refractivity contribution is 0.154. The van der Waals surface area contributed by atoms with E-state index in [0.717, 1.165) is 18.4 Å². The fraction of sp³-hybridized carbons (Fsp3) is 0.571. The van der Waals surface area contributed by atoms with E-state index in [-0.39, 0.29) is 11.9 Å². The van der Waals surface area contributed by atoms with Crippen molar-refractivity contribution in [3.8, 4) is 5.75 Å². The third-order valence-electron chi connectivity index (χ3n) is 3.17. The van der Waals surface area contributed by atoms with Gasteiger partial charge in [0.1, 0.15) is 11.6 Å². The monoisotopic (exact) mass is 237 g/mol. The molecule has 0 heterocycles. The van der Waals surface area contributed by atoms with Crippen LogP contribution in [0.25, 0.3) is 0 Å². The molecule has 0 unspecified atom stereocenters. The van der Waals surface area contributed by atoms with Crippen LogP contribution in [-0.2, 0) is 6.54 Å². The van der Waals surface area contributed by atoms with E-state index in [1.54, 1.807) is 6.07 Å². The molecule has 0 saturated heterocycles. The molecule has 2 nitrogen and oxygen atoms in total. The van der Waals surface area contributed by atoms with Gasteiger partial charge >= 0.3 is 0 Å². The Morgan fingerprint density at radius 1 is 1.24 bits per heavy atom. The summed E-state index contributed by atoms with van der Waals surface area (Å²) in [5, 5.41) is 3.02. The molecule has 1 aromatic rings. The topological polar surface area (TPSA) is 21.3 Å². The number of nitrogens with one attached hydrogen (secondary N) is 1. The molecular weight excluding hydrogens is 217 g/mol. The third kappa shape index (κ3) is 3.70. The Kier molecular flexibility index (Phi) is 4.37. The van der Waals surface area contributed by atoms with Crippen LogP contribution in [0.3, 0.4) is 0 Å². The third-order valence-corrected chi connectivity index (χ3v) is 3.17. The van der Waals surface area contributed by atoms with Crippen LogP contribution in [0.4, 0.5) is 4.39 Å². The van der Waals surface area contributed by atoms with E-state index in [9.17, 15) is 4.39 Å². The van der Waals surface area contributed by atoms with Gasteiger partial charge in [0, 0.05) is 12.6 Å². The fourth-order valence-corrected chi connectivity index (χ4v) is 2.37. The van der Waals surface area contributed by atoms with Crippen molar-refractivity contribution >= 4 is 0 Å². The van der Waals surface area contributed by atoms with Crippen LogP contribution in [0.1, 0.15) is 37.7 Å². The molecule has 0 bridgehead atoms. The summed E-state index contributed by atoms with van der Waals surface area (Å²) in [4.78, 5) is 0. The highest BCUT2D eigenvalue weighted by Gasteiger charge is 2.15. The Morgan fingerprint density at radius 3 is 2.71 bits per heavy atom. The summed E-state index contributed by atoms with van der Waals surface area (Å²) in [7, 11) is 1.85. The summed E-state index contributed by atoms with van der Waals surface area (Å²) in [6.45, 7) is 0.665. The lowest BCUT2D eigenvalue weighted by Gasteiger charge is -2.23. The summed E-state index contributed by atoms with van der Waals surface area (Å²) in [5.74, 6) is 0.450. The van der Waals surface area contributed by atoms with Gasteiger partial charge in [-0.25, -0.2) is 4.39 Å². The van der Waals surface area contributed by atoms with Gasteiger partial charge in [-0.3, -0.25) is 0 Å². The molecule has 1 saturated carbocycles. The summed E-state index contributed by atoms with van der Waals surface area (Å²) in [5.41, 5.74) is 0.929. The molecule has 0 aromatic heterocycles. The van der Waals surface area contributed by atoms with Crippen molar-refractivity contribution in [2.75, 3.05) is 7.05 Å². The molecular formula is C14H20FNO. The van der Waals surface area contributed by atoms with Gasteiger partial charge in [0.05, 0.1) is 6.10 Å². The number of hydrogen-bond donors (Lipinski definition) is 1. The molecule has 17 heavy (non-hydrogen) atoms. The molecule has 0 spiro atoms. The van der Waals surface area contributed by atoms with E-state index in [2.05, 4.69) is 5.32 Å². The highest BCUT2D eigenvalue weighted by Crippen LogP contribution is 2.24. The molecule has 0 aliphatic heterocycles. The number of ether oxygens (including phenoxy) is 1. The molecule has 94 valence electrons. The summed E-state index contributed by atoms with van der Waals surface area (Å²) in [6.07, 6.45) is 6.21. The van der Waals surface area contributed by atoms with Crippen molar-refractivity contribution in [3.63, 3.8) is 0 Å². The van der Waals surface area contributed by atoms with Gasteiger partial charge in [-0.1, -0.05) is 6.42 Å². The fourth-order valence-electron chi connectivity index (χ4n) is 2.37. The average molecular weight is 237 g/mol. The van der Waals surface area contributed by atoms with Crippen molar-refractivity contribution < 1.29 is 9.13 Å². The molecule has 0 radical (unpaired) electrons. The van der Waals surface area contributed by atoms with Crippen molar-refractivity contribution in [1.82, 2.24) is 5.32 Å². The maximum atomic E-state index is 13.4. The Morgan fingerprint density at radius 2 is 2.00 bits per heavy atom. The largest absolute Gasteiger partial charge is 0.490 e. The SMILES string of the molecule is CNCc1cc(F)cc(OC2CCCCC2)c1. The zero-order valence-corrected chi connectivity index (χ0v) is 10.3. The van der Waals surface area contributed by atoms with Crippen molar-refractivity contribution in [3.05, 3.63) is 29.6 Å². The molecule has 3 heteroatoms. The standard InChI is InChI=1S/C14H20FNO/c1-16-10-11-7-12(15)9-14(8-11)17-13-5-3-2-4-6-13/h7-9,13,16H,2-6,10H2,1H3. The van der Waals surface area contributed by atoms with E-state index in [1.807, 2.05) is 13.1 Å². The van der Waals surface area contributed by atoms with Crippen LogP contribution in [0.2, 0.25) is 0 Å². The van der Waals surface area contributed by atoms with Gasteiger partial charge < -0.3 is 10.1 Å². The van der Waals surface area contributed by atoms with Crippen molar-refractivity contribution in [2.24, 2.45) is 0 Å². The highest BCUT2D eigenvalue weighted by molar-refractivity contribution is 5.29. The first-order chi connectivity index (χ1) is 8.28. The number of rotatable bonds is 4. The lowest BCUT2D eigenvalue weighted by Crippen LogP contribution is -2.19. The second-order valence-electron chi connectivity index (χ2n) is 4.70. The average Bonchev–Trinajstić information content (AvgIpc) is 2.30. The molecule has 0 atom stereocenters. The second kappa shape index (κ2) is 6.01. The summed E-state index contributed by atoms with van der Waals surface area (Å²) >= 11 is 0. The van der Waals surface area contributed by atoms with Gasteiger partial charge in [-0.2, -0.15) is 0 Å². The summed E-state index contributed by atoms with van der Waals surface area (Å²) in [6, 6.07) is 4.95. The molecule has 1 fully saturated rings. The Hall–Kier alpha value is -1.09. The maximum absolute atomic E-state index is 13.4. The second-order valence-corrected chi connectivity index (χ2v) is 4.70. The molecule has 1 aliphatic carbocycles. The van der Waals surface area contributed by atoms with Gasteiger partial charge in [-0.05, 0) is 50.4 Å². The minimum atomic E-state index is -0.219. The normalized spacial score (nSPS) is 17.1. The molecule has 2 rings (SSSR count). The Balaban J connectivity index is 2.03. The first kappa shape index (κ1) is 12.4. The maximum Gasteiger partial charge on any atom is 0.127 e. The predicted octanol–water partition coefficient (Wildman–Crippen LogP) is 3.26. The van der Waals surface area contributed by atoms with Crippen LogP contribution in [0.5, 0.6) is 5.75 Å². The van der Waals surface area contributed by atoms with Gasteiger partial charge in [0.15, 0.2) is 0 Å². The van der Waals surface area contributed by atoms with Gasteiger partial charge in [-0.15, -0.1) is 0 Å². The Labute approximate surface area is 102 Å². The highest BCUT2D eigenvalue weighted by atomic mass is 19.1. The first-order valence-corrected chi connectivity index (χ1v) is 6.38. The zero-order valence-electron chi connectivity index (χ0n) is 10.3. The first-order valence-electron chi connectivity index (χ1n) is 6.38. The van der Waals surface area contributed by atoms with Gasteiger partial charge in [0.25, 0.3) is 0 Å². The molecule has 0 amide bonds. The van der Waals surface area contributed by atoms with Crippen LogP contribution < -0.4 is 10.1 Å². The van der Waals surface area contributed by atoms with Crippen LogP contribution in [0.15, 0.2) is 18.2 Å². The van der Waals surface area contributed by atoms with Crippen molar-refractivity contribution in [1.29, 1.82) is 0 Å². The minimum Gasteiger partial charge on any atom is -0.490 e. The van der Waals surface area contributed by atoms with Gasteiger partial charge in [0.2, 0.25) is 0 Å². The molecule has 1 N–H and O–H groups in total. The zero-order chi connectivity index (χ0) is 12.1. The number of hydrogen-bond acceptors (Lipinski definition) is 2. The van der Waals surface area contributed by atoms with E-state index in [1.165, 1.54) is 25.3 Å². The quantitative estimate of drug-likeness (QED) is 0.868. The van der Waals surface area contributed by atoms with Crippen LogP contribution in [-0.4, -0.2) is 13.2 Å². The smallest absolute Gasteiger partial charge is 0.127 e. The lowest BCUT2D eigenvalue weighted by atomic mass is 9.98. The predicted molar refractivity (Wildman–Crippen MR) is 66.7 cm³/mol. The molecule has 1 aliphatic rings. The number of halogens is 1. The molecule has 1 aromatic carbocycles. The van der Waals surface area contributed by atoms with Crippen molar-refractivity contribution in [2.45, 2.75) is 44.8 Å². The van der Waals surface area contributed by atoms with E-state index in [4.69, 9.17) is 4.74 Å². The minimum absolute atomic E-state index is 0.219. The Bertz CT molecular complexity index is 361. The van der Waals surface area contributed by atoms with Crippen LogP contribution >= 0.6 is 0 Å². The van der Waals surface area contributed by atoms with E-state index in [0.29, 0.717) is 12.3 Å².